The molecule has 0 bridgehead atoms. The van der Waals surface area contributed by atoms with Crippen molar-refractivity contribution in [3.8, 4) is 11.8 Å². The lowest BCUT2D eigenvalue weighted by atomic mass is 10.0. The van der Waals surface area contributed by atoms with Crippen LogP contribution in [0, 0.1) is 11.3 Å². The van der Waals surface area contributed by atoms with E-state index in [-0.39, 0.29) is 18.6 Å². The van der Waals surface area contributed by atoms with Crippen LogP contribution in [-0.4, -0.2) is 12.5 Å². The number of amides is 1. The van der Waals surface area contributed by atoms with Gasteiger partial charge in [-0.2, -0.15) is 5.26 Å². The number of rotatable bonds is 5. The fourth-order valence-electron chi connectivity index (χ4n) is 2.67. The minimum Gasteiger partial charge on any atom is -0.482 e. The van der Waals surface area contributed by atoms with E-state index in [0.717, 1.165) is 16.3 Å². The van der Waals surface area contributed by atoms with Gasteiger partial charge in [0.1, 0.15) is 5.75 Å². The molecule has 5 heteroatoms. The van der Waals surface area contributed by atoms with Crippen LogP contribution in [0.3, 0.4) is 0 Å². The van der Waals surface area contributed by atoms with Gasteiger partial charge in [-0.1, -0.05) is 48.0 Å². The van der Waals surface area contributed by atoms with Crippen LogP contribution in [0.1, 0.15) is 24.1 Å². The number of benzene rings is 3. The maximum atomic E-state index is 12.2. The summed E-state index contributed by atoms with van der Waals surface area (Å²) in [5.74, 6) is 0.130. The smallest absolute Gasteiger partial charge is 0.258 e. The molecule has 0 fully saturated rings. The number of carbonyl (C=O) groups excluding carboxylic acids is 1. The Morgan fingerprint density at radius 1 is 1.15 bits per heavy atom. The molecule has 0 saturated heterocycles. The molecule has 1 atom stereocenters. The van der Waals surface area contributed by atoms with Gasteiger partial charge in [0.2, 0.25) is 0 Å². The second-order valence-electron chi connectivity index (χ2n) is 5.94. The van der Waals surface area contributed by atoms with Crippen LogP contribution in [-0.2, 0) is 4.79 Å². The van der Waals surface area contributed by atoms with Crippen LogP contribution in [0.25, 0.3) is 10.8 Å². The van der Waals surface area contributed by atoms with Gasteiger partial charge >= 0.3 is 0 Å². The Labute approximate surface area is 157 Å². The maximum Gasteiger partial charge on any atom is 0.258 e. The van der Waals surface area contributed by atoms with Crippen LogP contribution in [0.4, 0.5) is 0 Å². The topological polar surface area (TPSA) is 62.1 Å². The Kier molecular flexibility index (Phi) is 5.40. The second kappa shape index (κ2) is 7.90. The lowest BCUT2D eigenvalue weighted by molar-refractivity contribution is -0.123. The van der Waals surface area contributed by atoms with Gasteiger partial charge in [0, 0.05) is 0 Å². The normalized spacial score (nSPS) is 11.6. The predicted octanol–water partition coefficient (Wildman–Crippen LogP) is 4.62. The van der Waals surface area contributed by atoms with E-state index in [0.29, 0.717) is 16.3 Å². The van der Waals surface area contributed by atoms with Crippen molar-refractivity contribution in [1.29, 1.82) is 5.26 Å². The molecule has 3 rings (SSSR count). The highest BCUT2D eigenvalue weighted by Crippen LogP contribution is 2.25. The Balaban J connectivity index is 1.61. The number of hydrogen-bond donors (Lipinski definition) is 1. The van der Waals surface area contributed by atoms with E-state index >= 15 is 0 Å². The standard InChI is InChI=1S/C21H17ClN2O2/c1-14(17-8-7-16-4-2-3-5-18(16)11-17)24-21(25)13-26-20-9-6-15(12-23)10-19(20)22/h2-11,14H,13H2,1H3,(H,24,25)/t14-/m1/s1. The van der Waals surface area contributed by atoms with Crippen LogP contribution in [0.2, 0.25) is 5.02 Å². The van der Waals surface area contributed by atoms with Crippen LogP contribution in [0.15, 0.2) is 60.7 Å². The second-order valence-corrected chi connectivity index (χ2v) is 6.35. The minimum absolute atomic E-state index is 0.146. The van der Waals surface area contributed by atoms with Gasteiger partial charge in [0.05, 0.1) is 22.7 Å². The summed E-state index contributed by atoms with van der Waals surface area (Å²) in [5.41, 5.74) is 1.46. The molecule has 0 aromatic heterocycles. The lowest BCUT2D eigenvalue weighted by Gasteiger charge is -2.16. The van der Waals surface area contributed by atoms with E-state index < -0.39 is 0 Å². The van der Waals surface area contributed by atoms with Crippen molar-refractivity contribution in [2.24, 2.45) is 0 Å². The average molecular weight is 365 g/mol. The molecule has 0 heterocycles. The van der Waals surface area contributed by atoms with Gasteiger partial charge in [-0.15, -0.1) is 0 Å². The van der Waals surface area contributed by atoms with Crippen molar-refractivity contribution in [2.45, 2.75) is 13.0 Å². The van der Waals surface area contributed by atoms with Gasteiger partial charge < -0.3 is 10.1 Å². The average Bonchev–Trinajstić information content (AvgIpc) is 2.66. The zero-order valence-corrected chi connectivity index (χ0v) is 15.0. The van der Waals surface area contributed by atoms with Crippen molar-refractivity contribution >= 4 is 28.3 Å². The molecule has 3 aromatic rings. The fourth-order valence-corrected chi connectivity index (χ4v) is 2.91. The molecular formula is C21H17ClN2O2. The molecule has 130 valence electrons. The molecule has 4 nitrogen and oxygen atoms in total. The Morgan fingerprint density at radius 2 is 1.92 bits per heavy atom. The first-order valence-corrected chi connectivity index (χ1v) is 8.55. The molecule has 3 aromatic carbocycles. The summed E-state index contributed by atoms with van der Waals surface area (Å²) < 4.78 is 5.45. The highest BCUT2D eigenvalue weighted by atomic mass is 35.5. The number of fused-ring (bicyclic) bond motifs is 1. The molecule has 26 heavy (non-hydrogen) atoms. The third kappa shape index (κ3) is 4.14. The minimum atomic E-state index is -0.244. The number of carbonyl (C=O) groups is 1. The zero-order chi connectivity index (χ0) is 18.5. The van der Waals surface area contributed by atoms with Crippen LogP contribution < -0.4 is 10.1 Å². The van der Waals surface area contributed by atoms with Crippen molar-refractivity contribution < 1.29 is 9.53 Å². The molecule has 0 spiro atoms. The highest BCUT2D eigenvalue weighted by molar-refractivity contribution is 6.32. The van der Waals surface area contributed by atoms with E-state index in [4.69, 9.17) is 21.6 Å². The fraction of sp³-hybridized carbons (Fsp3) is 0.143. The lowest BCUT2D eigenvalue weighted by Crippen LogP contribution is -2.31. The predicted molar refractivity (Wildman–Crippen MR) is 102 cm³/mol. The number of halogens is 1. The number of nitrogens with one attached hydrogen (secondary N) is 1. The van der Waals surface area contributed by atoms with Crippen molar-refractivity contribution in [3.05, 3.63) is 76.8 Å². The quantitative estimate of drug-likeness (QED) is 0.718. The molecular weight excluding hydrogens is 348 g/mol. The van der Waals surface area contributed by atoms with Gasteiger partial charge in [-0.25, -0.2) is 0 Å². The van der Waals surface area contributed by atoms with Gasteiger partial charge in [0.25, 0.3) is 5.91 Å². The molecule has 0 aliphatic rings. The Hall–Kier alpha value is -3.03. The van der Waals surface area contributed by atoms with Crippen molar-refractivity contribution in [3.63, 3.8) is 0 Å². The third-order valence-corrected chi connectivity index (χ3v) is 4.37. The van der Waals surface area contributed by atoms with E-state index in [1.165, 1.54) is 6.07 Å². The van der Waals surface area contributed by atoms with E-state index in [9.17, 15) is 4.79 Å². The summed E-state index contributed by atoms with van der Waals surface area (Å²) in [7, 11) is 0. The number of nitriles is 1. The summed E-state index contributed by atoms with van der Waals surface area (Å²) in [6.45, 7) is 1.78. The molecule has 1 N–H and O–H groups in total. The summed E-state index contributed by atoms with van der Waals surface area (Å²) in [5, 5.41) is 14.3. The molecule has 0 aliphatic heterocycles. The van der Waals surface area contributed by atoms with E-state index in [1.807, 2.05) is 43.3 Å². The number of ether oxygens (including phenoxy) is 1. The number of nitrogens with zero attached hydrogens (tertiary/aromatic N) is 1. The van der Waals surface area contributed by atoms with E-state index in [2.05, 4.69) is 17.4 Å². The van der Waals surface area contributed by atoms with Crippen LogP contribution in [0.5, 0.6) is 5.75 Å². The zero-order valence-electron chi connectivity index (χ0n) is 14.2. The van der Waals surface area contributed by atoms with Crippen molar-refractivity contribution in [2.75, 3.05) is 6.61 Å². The van der Waals surface area contributed by atoms with Gasteiger partial charge in [-0.05, 0) is 47.5 Å². The first-order chi connectivity index (χ1) is 12.6. The molecule has 0 unspecified atom stereocenters. The largest absolute Gasteiger partial charge is 0.482 e. The van der Waals surface area contributed by atoms with E-state index in [1.54, 1.807) is 12.1 Å². The molecule has 1 amide bonds. The van der Waals surface area contributed by atoms with Crippen LogP contribution >= 0.6 is 11.6 Å². The summed E-state index contributed by atoms with van der Waals surface area (Å²) in [6.07, 6.45) is 0. The number of hydrogen-bond acceptors (Lipinski definition) is 3. The third-order valence-electron chi connectivity index (χ3n) is 4.07. The summed E-state index contributed by atoms with van der Waals surface area (Å²) in [6, 6.07) is 20.7. The summed E-state index contributed by atoms with van der Waals surface area (Å²) >= 11 is 6.04. The monoisotopic (exact) mass is 364 g/mol. The first kappa shape index (κ1) is 17.8. The Bertz CT molecular complexity index is 995. The Morgan fingerprint density at radius 3 is 2.65 bits per heavy atom. The molecule has 0 radical (unpaired) electrons. The van der Waals surface area contributed by atoms with Gasteiger partial charge in [0.15, 0.2) is 6.61 Å². The van der Waals surface area contributed by atoms with Crippen molar-refractivity contribution in [1.82, 2.24) is 5.32 Å². The maximum absolute atomic E-state index is 12.2. The first-order valence-electron chi connectivity index (χ1n) is 8.17. The van der Waals surface area contributed by atoms with Gasteiger partial charge in [-0.3, -0.25) is 4.79 Å². The molecule has 0 aliphatic carbocycles. The summed E-state index contributed by atoms with van der Waals surface area (Å²) in [4.78, 5) is 12.2. The highest BCUT2D eigenvalue weighted by Gasteiger charge is 2.12. The molecule has 0 saturated carbocycles. The SMILES string of the molecule is C[C@@H](NC(=O)COc1ccc(C#N)cc1Cl)c1ccc2ccccc2c1.